The summed E-state index contributed by atoms with van der Waals surface area (Å²) < 4.78 is 16.4. The lowest BCUT2D eigenvalue weighted by molar-refractivity contribution is -0.384. The zero-order chi connectivity index (χ0) is 39.8. The summed E-state index contributed by atoms with van der Waals surface area (Å²) in [6, 6.07) is 3.00. The van der Waals surface area contributed by atoms with E-state index in [4.69, 9.17) is 19.0 Å². The van der Waals surface area contributed by atoms with E-state index in [9.17, 15) is 29.3 Å². The molecule has 300 valence electrons. The van der Waals surface area contributed by atoms with E-state index in [1.54, 1.807) is 6.92 Å². The summed E-state index contributed by atoms with van der Waals surface area (Å²) in [4.78, 5) is 77.6. The molecule has 1 aromatic carbocycles. The number of carbonyl (C=O) groups is 4. The Bertz CT molecular complexity index is 1520. The zero-order valence-corrected chi connectivity index (χ0v) is 33.4. The molecule has 5 atom stereocenters. The molecular formula is C38H57N5O10S. The third-order valence-corrected chi connectivity index (χ3v) is 10.5. The normalized spacial score (nSPS) is 16.9. The van der Waals surface area contributed by atoms with Crippen molar-refractivity contribution in [2.24, 2.45) is 11.8 Å². The van der Waals surface area contributed by atoms with Crippen LogP contribution in [0.5, 0.6) is 5.75 Å². The number of piperidine rings is 1. The predicted molar refractivity (Wildman–Crippen MR) is 203 cm³/mol. The molecule has 1 unspecified atom stereocenters. The summed E-state index contributed by atoms with van der Waals surface area (Å²) in [6.45, 7) is 12.7. The highest BCUT2D eigenvalue weighted by atomic mass is 32.1. The fourth-order valence-electron chi connectivity index (χ4n) is 6.15. The smallest absolute Gasteiger partial charge is 0.461 e. The van der Waals surface area contributed by atoms with Gasteiger partial charge in [0.25, 0.3) is 11.6 Å². The maximum absolute atomic E-state index is 14.7. The van der Waals surface area contributed by atoms with Crippen LogP contribution in [0.1, 0.15) is 121 Å². The molecule has 0 radical (unpaired) electrons. The number of amides is 2. The number of ether oxygens (including phenoxy) is 3. The number of aromatic nitrogens is 1. The maximum atomic E-state index is 14.7. The number of hydrogen-bond acceptors (Lipinski definition) is 13. The van der Waals surface area contributed by atoms with Gasteiger partial charge >= 0.3 is 12.1 Å². The van der Waals surface area contributed by atoms with Crippen molar-refractivity contribution in [2.45, 2.75) is 124 Å². The van der Waals surface area contributed by atoms with Crippen molar-refractivity contribution in [1.29, 1.82) is 0 Å². The van der Waals surface area contributed by atoms with Crippen LogP contribution in [0.2, 0.25) is 0 Å². The molecule has 0 saturated carbocycles. The molecule has 1 aliphatic heterocycles. The predicted octanol–water partition coefficient (Wildman–Crippen LogP) is 7.26. The van der Waals surface area contributed by atoms with Gasteiger partial charge in [-0.05, 0) is 63.7 Å². The number of thiazole rings is 1. The van der Waals surface area contributed by atoms with Crippen molar-refractivity contribution in [1.82, 2.24) is 20.3 Å². The summed E-state index contributed by atoms with van der Waals surface area (Å²) >= 11 is 1.08. The number of nitro groups is 1. The number of nitrogens with one attached hydrogen (secondary N) is 1. The second-order valence-electron chi connectivity index (χ2n) is 14.0. The maximum Gasteiger partial charge on any atom is 0.514 e. The van der Waals surface area contributed by atoms with Gasteiger partial charge in [0, 0.05) is 23.9 Å². The van der Waals surface area contributed by atoms with Crippen LogP contribution >= 0.6 is 11.3 Å². The minimum Gasteiger partial charge on any atom is -0.461 e. The van der Waals surface area contributed by atoms with Crippen LogP contribution in [0.3, 0.4) is 0 Å². The first-order valence-electron chi connectivity index (χ1n) is 19.0. The molecule has 2 aromatic rings. The number of non-ortho nitro benzene ring substituents is 1. The standard InChI is InChI=1S/C38H57N5O10S/c1-8-11-12-15-22-51-42(36(45)33(26(6)9-2)40-34(44)30-16-13-14-21-41(30)7)31(25(4)5)23-32(35-39-29(24-54-35)37(46)50-10-3)53-38(47)52-28-19-17-27(18-20-28)43(48)49/h17-20,24-26,30-33H,8-16,21-23H2,1-7H3,(H,40,44)/t26-,30?,31+,32+,33-/m0/s1. The first-order valence-corrected chi connectivity index (χ1v) is 19.9. The van der Waals surface area contributed by atoms with Crippen molar-refractivity contribution < 1.29 is 43.1 Å². The van der Waals surface area contributed by atoms with Gasteiger partial charge in [0.2, 0.25) is 5.91 Å². The largest absolute Gasteiger partial charge is 0.514 e. The molecule has 3 rings (SSSR count). The SMILES string of the molecule is CCCCCCON(C(=O)[C@@H](NC(=O)C1CCCCN1C)[C@@H](C)CC)[C@H](C[C@@H](OC(=O)Oc1ccc([N+](=O)[O-])cc1)c1nc(C(=O)OCC)cs1)C(C)C. The van der Waals surface area contributed by atoms with E-state index in [0.717, 1.165) is 50.0 Å². The van der Waals surface area contributed by atoms with Gasteiger partial charge in [-0.15, -0.1) is 11.3 Å². The molecule has 1 fully saturated rings. The molecular weight excluding hydrogens is 719 g/mol. The molecule has 1 saturated heterocycles. The van der Waals surface area contributed by atoms with Crippen molar-refractivity contribution >= 4 is 41.0 Å². The Kier molecular flexibility index (Phi) is 18.3. The Hall–Kier alpha value is -4.15. The average molecular weight is 776 g/mol. The zero-order valence-electron chi connectivity index (χ0n) is 32.6. The van der Waals surface area contributed by atoms with E-state index in [-0.39, 0.29) is 65.6 Å². The van der Waals surface area contributed by atoms with Crippen molar-refractivity contribution in [3.63, 3.8) is 0 Å². The van der Waals surface area contributed by atoms with E-state index in [1.165, 1.54) is 34.7 Å². The quantitative estimate of drug-likeness (QED) is 0.0442. The number of esters is 1. The Morgan fingerprint density at radius 2 is 1.80 bits per heavy atom. The lowest BCUT2D eigenvalue weighted by Gasteiger charge is -2.39. The summed E-state index contributed by atoms with van der Waals surface area (Å²) in [5.74, 6) is -1.73. The second-order valence-corrected chi connectivity index (χ2v) is 14.9. The number of benzene rings is 1. The second kappa shape index (κ2) is 22.3. The van der Waals surface area contributed by atoms with Crippen LogP contribution in [-0.2, 0) is 23.9 Å². The van der Waals surface area contributed by atoms with Gasteiger partial charge in [0.1, 0.15) is 16.8 Å². The number of likely N-dealkylation sites (N-methyl/N-ethyl adjacent to an activating group) is 1. The Morgan fingerprint density at radius 1 is 1.07 bits per heavy atom. The summed E-state index contributed by atoms with van der Waals surface area (Å²) in [5, 5.41) is 17.3. The molecule has 16 heteroatoms. The minimum absolute atomic E-state index is 0.00393. The number of unbranched alkanes of at least 4 members (excludes halogenated alkanes) is 3. The van der Waals surface area contributed by atoms with Crippen LogP contribution in [-0.4, -0.2) is 88.7 Å². The number of rotatable bonds is 21. The number of nitrogens with zero attached hydrogens (tertiary/aromatic N) is 4. The third kappa shape index (κ3) is 13.0. The lowest BCUT2D eigenvalue weighted by atomic mass is 9.93. The van der Waals surface area contributed by atoms with Gasteiger partial charge in [0.15, 0.2) is 11.8 Å². The molecule has 2 heterocycles. The Labute approximate surface area is 322 Å². The van der Waals surface area contributed by atoms with E-state index < -0.39 is 41.1 Å². The van der Waals surface area contributed by atoms with Gasteiger partial charge < -0.3 is 19.5 Å². The Morgan fingerprint density at radius 3 is 2.41 bits per heavy atom. The van der Waals surface area contributed by atoms with Crippen LogP contribution in [0.15, 0.2) is 29.6 Å². The molecule has 0 spiro atoms. The van der Waals surface area contributed by atoms with Gasteiger partial charge in [-0.3, -0.25) is 29.4 Å². The number of likely N-dealkylation sites (tertiary alicyclic amines) is 1. The fourth-order valence-corrected chi connectivity index (χ4v) is 6.98. The van der Waals surface area contributed by atoms with Crippen molar-refractivity contribution in [2.75, 3.05) is 26.8 Å². The van der Waals surface area contributed by atoms with Crippen LogP contribution < -0.4 is 10.1 Å². The molecule has 1 aromatic heterocycles. The van der Waals surface area contributed by atoms with E-state index in [1.807, 2.05) is 39.6 Å². The van der Waals surface area contributed by atoms with Gasteiger partial charge in [0.05, 0.1) is 30.2 Å². The molecule has 15 nitrogen and oxygen atoms in total. The number of hydroxylamine groups is 2. The Balaban J connectivity index is 1.99. The van der Waals surface area contributed by atoms with E-state index in [2.05, 4.69) is 17.2 Å². The number of hydrogen-bond donors (Lipinski definition) is 1. The van der Waals surface area contributed by atoms with Crippen LogP contribution in [0, 0.1) is 22.0 Å². The first kappa shape index (κ1) is 44.2. The first-order chi connectivity index (χ1) is 25.8. The van der Waals surface area contributed by atoms with Crippen molar-refractivity contribution in [3.05, 3.63) is 50.5 Å². The third-order valence-electron chi connectivity index (χ3n) is 9.59. The number of carbonyl (C=O) groups excluding carboxylic acids is 4. The highest BCUT2D eigenvalue weighted by molar-refractivity contribution is 7.09. The lowest BCUT2D eigenvalue weighted by Crippen LogP contribution is -2.58. The molecule has 0 aliphatic carbocycles. The van der Waals surface area contributed by atoms with Crippen LogP contribution in [0.4, 0.5) is 10.5 Å². The molecule has 0 bridgehead atoms. The highest BCUT2D eigenvalue weighted by Crippen LogP contribution is 2.33. The summed E-state index contributed by atoms with van der Waals surface area (Å²) in [7, 11) is 1.92. The van der Waals surface area contributed by atoms with Crippen LogP contribution in [0.25, 0.3) is 0 Å². The average Bonchev–Trinajstić information content (AvgIpc) is 3.64. The van der Waals surface area contributed by atoms with E-state index >= 15 is 0 Å². The van der Waals surface area contributed by atoms with Gasteiger partial charge in [-0.2, -0.15) is 0 Å². The molecule has 54 heavy (non-hydrogen) atoms. The number of nitro benzene ring substituents is 1. The molecule has 2 amide bonds. The summed E-state index contributed by atoms with van der Waals surface area (Å²) in [5.41, 5.74) is -0.151. The highest BCUT2D eigenvalue weighted by Gasteiger charge is 2.40. The minimum atomic E-state index is -1.12. The van der Waals surface area contributed by atoms with Crippen molar-refractivity contribution in [3.8, 4) is 5.75 Å². The molecule has 1 N–H and O–H groups in total. The van der Waals surface area contributed by atoms with Gasteiger partial charge in [-0.1, -0.05) is 66.7 Å². The topological polar surface area (TPSA) is 180 Å². The molecule has 1 aliphatic rings. The monoisotopic (exact) mass is 775 g/mol. The fraction of sp³-hybridized carbons (Fsp3) is 0.658. The van der Waals surface area contributed by atoms with E-state index in [0.29, 0.717) is 19.3 Å². The summed E-state index contributed by atoms with van der Waals surface area (Å²) in [6.07, 6.45) is 4.63. The van der Waals surface area contributed by atoms with Gasteiger partial charge in [-0.25, -0.2) is 19.6 Å².